The third-order valence-corrected chi connectivity index (χ3v) is 12.6. The largest absolute Gasteiger partial charge is 0.481 e. The number of hydrogen-bond donors (Lipinski definition) is 3. The molecule has 2 unspecified atom stereocenters. The van der Waals surface area contributed by atoms with Gasteiger partial charge < -0.3 is 9.94 Å². The van der Waals surface area contributed by atoms with Crippen molar-refractivity contribution in [1.29, 1.82) is 0 Å². The van der Waals surface area contributed by atoms with Crippen LogP contribution in [-0.4, -0.2) is 49.4 Å². The van der Waals surface area contributed by atoms with Crippen LogP contribution in [0.3, 0.4) is 0 Å². The van der Waals surface area contributed by atoms with E-state index in [2.05, 4.69) is 14.4 Å². The average Bonchev–Trinajstić information content (AvgIpc) is 3.63. The first-order valence-corrected chi connectivity index (χ1v) is 17.8. The molecule has 4 rings (SSSR count). The Hall–Kier alpha value is -2.36. The van der Waals surface area contributed by atoms with Gasteiger partial charge in [-0.15, -0.1) is 22.7 Å². The second kappa shape index (κ2) is 12.9. The Morgan fingerprint density at radius 2 is 1.88 bits per heavy atom. The lowest BCUT2D eigenvalue weighted by molar-refractivity contribution is -0.189. The van der Waals surface area contributed by atoms with Gasteiger partial charge in [-0.05, 0) is 24.6 Å². The molecule has 1 aliphatic rings. The number of carboxylic acids is 1. The second-order valence-corrected chi connectivity index (χ2v) is 16.2. The maximum Gasteiger partial charge on any atom is 0.358 e. The van der Waals surface area contributed by atoms with E-state index in [1.54, 1.807) is 0 Å². The van der Waals surface area contributed by atoms with Crippen LogP contribution < -0.4 is 9.44 Å². The Morgan fingerprint density at radius 3 is 2.44 bits per heavy atom. The van der Waals surface area contributed by atoms with Crippen molar-refractivity contribution in [3.63, 3.8) is 0 Å². The van der Waals surface area contributed by atoms with Gasteiger partial charge in [0.15, 0.2) is 11.0 Å². The number of nitrogens with one attached hydrogen (secondary N) is 2. The number of halogens is 4. The van der Waals surface area contributed by atoms with Crippen LogP contribution in [0.1, 0.15) is 24.6 Å². The summed E-state index contributed by atoms with van der Waals surface area (Å²) in [4.78, 5) is 33.4. The molecule has 43 heavy (non-hydrogen) atoms. The first-order valence-electron chi connectivity index (χ1n) is 11.5. The highest BCUT2D eigenvalue weighted by Gasteiger charge is 2.48. The van der Waals surface area contributed by atoms with Crippen molar-refractivity contribution >= 4 is 89.6 Å². The van der Waals surface area contributed by atoms with E-state index in [0.717, 1.165) is 41.0 Å². The number of rotatable bonds is 12. The molecule has 0 aliphatic carbocycles. The second-order valence-electron chi connectivity index (χ2n) is 8.49. The number of hydrogen-bond acceptors (Lipinski definition) is 12. The smallest absolute Gasteiger partial charge is 0.358 e. The Balaban J connectivity index is 1.70. The van der Waals surface area contributed by atoms with E-state index in [9.17, 15) is 40.3 Å². The van der Waals surface area contributed by atoms with Crippen LogP contribution >= 0.6 is 57.6 Å². The number of sulfonamides is 2. The Bertz CT molecular complexity index is 1800. The number of thioether (sulfide) groups is 1. The summed E-state index contributed by atoms with van der Waals surface area (Å²) in [6.07, 6.45) is 1.39. The quantitative estimate of drug-likeness (QED) is 0.240. The molecule has 2 atom stereocenters. The topological polar surface area (TPSA) is 172 Å². The number of carbonyl (C=O) groups is 2. The van der Waals surface area contributed by atoms with Gasteiger partial charge in [0.25, 0.3) is 0 Å². The van der Waals surface area contributed by atoms with E-state index in [1.165, 1.54) is 18.6 Å². The van der Waals surface area contributed by atoms with E-state index in [0.29, 0.717) is 29.0 Å². The molecular weight excluding hydrogens is 717 g/mol. The average molecular weight is 736 g/mol. The summed E-state index contributed by atoms with van der Waals surface area (Å²) < 4.78 is 84.7. The van der Waals surface area contributed by atoms with Gasteiger partial charge >= 0.3 is 11.9 Å². The van der Waals surface area contributed by atoms with Gasteiger partial charge in [-0.2, -0.15) is 14.5 Å². The molecule has 3 heterocycles. The molecule has 3 aromatic rings. The highest BCUT2D eigenvalue weighted by Crippen LogP contribution is 2.39. The Morgan fingerprint density at radius 1 is 1.16 bits per heavy atom. The number of benzene rings is 1. The van der Waals surface area contributed by atoms with Crippen LogP contribution in [0.4, 0.5) is 8.78 Å². The minimum atomic E-state index is -4.73. The first kappa shape index (κ1) is 33.5. The third kappa shape index (κ3) is 7.31. The van der Waals surface area contributed by atoms with Crippen molar-refractivity contribution in [3.8, 4) is 0 Å². The summed E-state index contributed by atoms with van der Waals surface area (Å²) in [5, 5.41) is 9.90. The van der Waals surface area contributed by atoms with Crippen molar-refractivity contribution in [3.05, 3.63) is 72.3 Å². The van der Waals surface area contributed by atoms with Crippen molar-refractivity contribution in [1.82, 2.24) is 19.5 Å². The van der Waals surface area contributed by atoms with Crippen molar-refractivity contribution in [2.24, 2.45) is 0 Å². The van der Waals surface area contributed by atoms with Crippen molar-refractivity contribution in [2.45, 2.75) is 40.6 Å². The summed E-state index contributed by atoms with van der Waals surface area (Å²) >= 11 is 14.3. The molecule has 0 radical (unpaired) electrons. The number of aliphatic carboxylic acids is 1. The van der Waals surface area contributed by atoms with Crippen LogP contribution in [0.25, 0.3) is 0 Å². The monoisotopic (exact) mass is 734 g/mol. The molecule has 0 saturated heterocycles. The standard InChI is InChI=1S/C22H18Cl2F2N4O8S5/c1-2-22(16-8-27-10-39-16,29-43(36,37)15-7-17(23)41-19(15)24)20(33)38-30-9-12(6-18(31)32)40-21(30)28-42(34,35)14-4-3-11(25)5-13(14)26/h3-5,7-10,21,28-29H,2,6H2,1H3,(H,31,32). The van der Waals surface area contributed by atoms with E-state index in [1.807, 2.05) is 0 Å². The number of carboxylic acid groups (broad SMARTS) is 1. The summed E-state index contributed by atoms with van der Waals surface area (Å²) in [6.45, 7) is 1.47. The lowest BCUT2D eigenvalue weighted by Crippen LogP contribution is -2.54. The van der Waals surface area contributed by atoms with Gasteiger partial charge in [0.05, 0.1) is 27.3 Å². The molecule has 0 saturated carbocycles. The van der Waals surface area contributed by atoms with Gasteiger partial charge in [-0.1, -0.05) is 41.9 Å². The molecule has 21 heteroatoms. The third-order valence-electron chi connectivity index (χ3n) is 5.67. The van der Waals surface area contributed by atoms with E-state index < -0.39 is 70.9 Å². The number of thiophene rings is 1. The SMILES string of the molecule is CCC(NS(=O)(=O)c1cc(Cl)sc1Cl)(C(=O)ON1C=C(CC(=O)O)SC1NS(=O)(=O)c1ccc(F)cc1F)c1cncs1. The lowest BCUT2D eigenvalue weighted by atomic mass is 9.96. The zero-order valence-corrected chi connectivity index (χ0v) is 26.9. The maximum atomic E-state index is 14.3. The minimum Gasteiger partial charge on any atom is -0.481 e. The normalized spacial score (nSPS) is 17.0. The number of thiazole rings is 1. The van der Waals surface area contributed by atoms with Gasteiger partial charge in [-0.3, -0.25) is 9.78 Å². The first-order chi connectivity index (χ1) is 20.1. The lowest BCUT2D eigenvalue weighted by Gasteiger charge is -2.32. The number of aromatic nitrogens is 1. The van der Waals surface area contributed by atoms with Gasteiger partial charge in [0.2, 0.25) is 20.0 Å². The van der Waals surface area contributed by atoms with E-state index in [-0.39, 0.29) is 24.9 Å². The van der Waals surface area contributed by atoms with Crippen LogP contribution in [-0.2, 0) is 40.0 Å². The van der Waals surface area contributed by atoms with Crippen molar-refractivity contribution < 1.29 is 45.1 Å². The van der Waals surface area contributed by atoms with Crippen LogP contribution in [0, 0.1) is 11.6 Å². The molecule has 232 valence electrons. The highest BCUT2D eigenvalue weighted by molar-refractivity contribution is 8.04. The van der Waals surface area contributed by atoms with Crippen LogP contribution in [0.5, 0.6) is 0 Å². The molecule has 0 amide bonds. The fraction of sp³-hybridized carbons (Fsp3) is 0.227. The summed E-state index contributed by atoms with van der Waals surface area (Å²) in [6, 6.07) is 2.84. The Labute approximate surface area is 265 Å². The molecule has 3 N–H and O–H groups in total. The summed E-state index contributed by atoms with van der Waals surface area (Å²) in [5.41, 5.74) is -2.38. The van der Waals surface area contributed by atoms with Crippen LogP contribution in [0.2, 0.25) is 8.67 Å². The number of hydroxylamine groups is 2. The molecular formula is C22H18Cl2F2N4O8S5. The molecule has 0 fully saturated rings. The fourth-order valence-corrected chi connectivity index (χ4v) is 10.6. The highest BCUT2D eigenvalue weighted by atomic mass is 35.5. The molecule has 12 nitrogen and oxygen atoms in total. The summed E-state index contributed by atoms with van der Waals surface area (Å²) in [7, 11) is -9.27. The van der Waals surface area contributed by atoms with E-state index >= 15 is 0 Å². The molecule has 1 aromatic carbocycles. The zero-order chi connectivity index (χ0) is 31.7. The maximum absolute atomic E-state index is 14.3. The predicted molar refractivity (Wildman–Crippen MR) is 155 cm³/mol. The van der Waals surface area contributed by atoms with Crippen molar-refractivity contribution in [2.75, 3.05) is 0 Å². The van der Waals surface area contributed by atoms with Crippen LogP contribution in [0.15, 0.2) is 56.9 Å². The van der Waals surface area contributed by atoms with Gasteiger partial charge in [0.1, 0.15) is 25.8 Å². The molecule has 1 aliphatic heterocycles. The zero-order valence-electron chi connectivity index (χ0n) is 21.3. The Kier molecular flexibility index (Phi) is 10.1. The molecule has 0 bridgehead atoms. The molecule has 0 spiro atoms. The number of carbonyl (C=O) groups excluding carboxylic acids is 1. The van der Waals surface area contributed by atoms with E-state index in [4.69, 9.17) is 28.0 Å². The van der Waals surface area contributed by atoms with Gasteiger partial charge in [-0.25, -0.2) is 30.4 Å². The summed E-state index contributed by atoms with van der Waals surface area (Å²) in [5.74, 6) is -5.00. The predicted octanol–water partition coefficient (Wildman–Crippen LogP) is 4.46. The fourth-order valence-electron chi connectivity index (χ4n) is 3.69. The number of nitrogens with zero attached hydrogens (tertiary/aromatic N) is 2. The minimum absolute atomic E-state index is 0.0211. The molecule has 2 aromatic heterocycles. The van der Waals surface area contributed by atoms with Gasteiger partial charge in [0, 0.05) is 17.2 Å².